The van der Waals surface area contributed by atoms with Crippen LogP contribution in [0.4, 0.5) is 0 Å². The van der Waals surface area contributed by atoms with Gasteiger partial charge in [0.15, 0.2) is 0 Å². The van der Waals surface area contributed by atoms with Crippen LogP contribution in [0.15, 0.2) is 158 Å². The third kappa shape index (κ3) is 3.51. The zero-order chi connectivity index (χ0) is 29.5. The molecule has 7 aromatic carbocycles. The summed E-state index contributed by atoms with van der Waals surface area (Å²) in [5, 5.41) is 5.11. The van der Waals surface area contributed by atoms with Crippen LogP contribution in [-0.2, 0) is 6.42 Å². The predicted molar refractivity (Wildman–Crippen MR) is 189 cm³/mol. The maximum Gasteiger partial charge on any atom is 0.0547 e. The van der Waals surface area contributed by atoms with Gasteiger partial charge in [-0.15, -0.1) is 0 Å². The average Bonchev–Trinajstić information content (AvgIpc) is 3.76. The van der Waals surface area contributed by atoms with Crippen LogP contribution in [0.3, 0.4) is 0 Å². The number of fused-ring (bicyclic) bond motifs is 9. The zero-order valence-corrected chi connectivity index (χ0v) is 24.6. The Labute approximate surface area is 261 Å². The molecule has 210 valence electrons. The van der Waals surface area contributed by atoms with Crippen molar-refractivity contribution in [2.75, 3.05) is 0 Å². The van der Waals surface area contributed by atoms with Crippen molar-refractivity contribution in [3.8, 4) is 33.6 Å². The Morgan fingerprint density at radius 2 is 0.933 bits per heavy atom. The summed E-state index contributed by atoms with van der Waals surface area (Å²) in [6.07, 6.45) is 0.954. The van der Waals surface area contributed by atoms with Gasteiger partial charge >= 0.3 is 0 Å². The fourth-order valence-corrected chi connectivity index (χ4v) is 7.76. The van der Waals surface area contributed by atoms with Gasteiger partial charge in [-0.1, -0.05) is 115 Å². The molecule has 45 heavy (non-hydrogen) atoms. The summed E-state index contributed by atoms with van der Waals surface area (Å²) < 4.78 is 4.90. The third-order valence-electron chi connectivity index (χ3n) is 9.76. The minimum absolute atomic E-state index is 0.954. The largest absolute Gasteiger partial charge is 0.309 e. The van der Waals surface area contributed by atoms with Gasteiger partial charge in [0.2, 0.25) is 0 Å². The first-order chi connectivity index (χ1) is 22.3. The fraction of sp³-hybridized carbons (Fsp3) is 0.0233. The number of hydrogen-bond donors (Lipinski definition) is 0. The number of para-hydroxylation sites is 3. The van der Waals surface area contributed by atoms with Crippen molar-refractivity contribution in [2.24, 2.45) is 0 Å². The van der Waals surface area contributed by atoms with Crippen molar-refractivity contribution in [1.29, 1.82) is 0 Å². The molecule has 9 aromatic rings. The minimum atomic E-state index is 0.954. The lowest BCUT2D eigenvalue weighted by Gasteiger charge is -2.14. The van der Waals surface area contributed by atoms with Crippen LogP contribution in [0.2, 0.25) is 0 Å². The molecule has 0 radical (unpaired) electrons. The van der Waals surface area contributed by atoms with Gasteiger partial charge in [0.1, 0.15) is 0 Å². The van der Waals surface area contributed by atoms with Crippen LogP contribution in [0.5, 0.6) is 0 Å². The molecule has 0 atom stereocenters. The zero-order valence-electron chi connectivity index (χ0n) is 24.6. The van der Waals surface area contributed by atoms with E-state index in [9.17, 15) is 0 Å². The average molecular weight is 573 g/mol. The topological polar surface area (TPSA) is 9.86 Å². The van der Waals surface area contributed by atoms with Crippen LogP contribution < -0.4 is 0 Å². The Morgan fingerprint density at radius 3 is 1.67 bits per heavy atom. The molecular weight excluding hydrogens is 544 g/mol. The van der Waals surface area contributed by atoms with Crippen LogP contribution in [0, 0.1) is 0 Å². The first-order valence-corrected chi connectivity index (χ1v) is 15.7. The Morgan fingerprint density at radius 1 is 0.378 bits per heavy atom. The summed E-state index contributed by atoms with van der Waals surface area (Å²) in [5.74, 6) is 0. The van der Waals surface area contributed by atoms with E-state index >= 15 is 0 Å². The molecule has 10 rings (SSSR count). The van der Waals surface area contributed by atoms with Crippen LogP contribution >= 0.6 is 0 Å². The highest BCUT2D eigenvalue weighted by atomic mass is 15.0. The summed E-state index contributed by atoms with van der Waals surface area (Å²) in [5.41, 5.74) is 15.3. The van der Waals surface area contributed by atoms with Crippen molar-refractivity contribution in [3.05, 3.63) is 169 Å². The fourth-order valence-electron chi connectivity index (χ4n) is 7.76. The van der Waals surface area contributed by atoms with Gasteiger partial charge in [-0.05, 0) is 75.8 Å². The van der Waals surface area contributed by atoms with E-state index in [2.05, 4.69) is 167 Å². The Balaban J connectivity index is 1.22. The highest BCUT2D eigenvalue weighted by molar-refractivity contribution is 6.12. The molecule has 2 heteroatoms. The van der Waals surface area contributed by atoms with E-state index < -0.39 is 0 Å². The van der Waals surface area contributed by atoms with Gasteiger partial charge in [0.05, 0.1) is 27.8 Å². The molecule has 0 N–H and O–H groups in total. The molecule has 2 aromatic heterocycles. The quantitative estimate of drug-likeness (QED) is 0.199. The monoisotopic (exact) mass is 572 g/mol. The SMILES string of the molecule is c1ccc(-n2c3ccccc3c3ccc(-c4ccc5c6ccccc6n(-c6cccc7c6Cc6ccccc6-7)c5c4)cc32)cc1. The van der Waals surface area contributed by atoms with E-state index in [-0.39, 0.29) is 0 Å². The molecule has 0 saturated carbocycles. The highest BCUT2D eigenvalue weighted by Crippen LogP contribution is 2.43. The summed E-state index contributed by atoms with van der Waals surface area (Å²) in [4.78, 5) is 0. The number of benzene rings is 7. The van der Waals surface area contributed by atoms with E-state index in [1.165, 1.54) is 88.4 Å². The Bertz CT molecular complexity index is 2620. The highest BCUT2D eigenvalue weighted by Gasteiger charge is 2.23. The van der Waals surface area contributed by atoms with E-state index in [0.29, 0.717) is 0 Å². The molecule has 0 aliphatic heterocycles. The lowest BCUT2D eigenvalue weighted by Crippen LogP contribution is -1.99. The van der Waals surface area contributed by atoms with Gasteiger partial charge in [-0.3, -0.25) is 0 Å². The molecular formula is C43H28N2. The lowest BCUT2D eigenvalue weighted by molar-refractivity contribution is 1.12. The van der Waals surface area contributed by atoms with E-state index in [1.807, 2.05) is 0 Å². The molecule has 0 fully saturated rings. The molecule has 0 bridgehead atoms. The molecule has 0 spiro atoms. The van der Waals surface area contributed by atoms with Gasteiger partial charge in [0.25, 0.3) is 0 Å². The normalized spacial score (nSPS) is 12.4. The van der Waals surface area contributed by atoms with Crippen LogP contribution in [0.25, 0.3) is 77.2 Å². The third-order valence-corrected chi connectivity index (χ3v) is 9.76. The van der Waals surface area contributed by atoms with Crippen molar-refractivity contribution >= 4 is 43.6 Å². The van der Waals surface area contributed by atoms with E-state index in [1.54, 1.807) is 0 Å². The number of rotatable bonds is 3. The van der Waals surface area contributed by atoms with Gasteiger partial charge in [0, 0.05) is 33.7 Å². The van der Waals surface area contributed by atoms with Crippen molar-refractivity contribution < 1.29 is 0 Å². The van der Waals surface area contributed by atoms with Gasteiger partial charge < -0.3 is 9.13 Å². The summed E-state index contributed by atoms with van der Waals surface area (Å²) in [6.45, 7) is 0. The van der Waals surface area contributed by atoms with Gasteiger partial charge in [-0.25, -0.2) is 0 Å². The second kappa shape index (κ2) is 9.32. The van der Waals surface area contributed by atoms with Crippen LogP contribution in [-0.4, -0.2) is 9.13 Å². The van der Waals surface area contributed by atoms with Crippen LogP contribution in [0.1, 0.15) is 11.1 Å². The van der Waals surface area contributed by atoms with Crippen molar-refractivity contribution in [1.82, 2.24) is 9.13 Å². The maximum absolute atomic E-state index is 2.50. The number of nitrogens with zero attached hydrogens (tertiary/aromatic N) is 2. The van der Waals surface area contributed by atoms with Gasteiger partial charge in [-0.2, -0.15) is 0 Å². The second-order valence-electron chi connectivity index (χ2n) is 12.1. The lowest BCUT2D eigenvalue weighted by atomic mass is 10.0. The molecule has 2 nitrogen and oxygen atoms in total. The Kier molecular flexibility index (Phi) is 5.09. The number of hydrogen-bond acceptors (Lipinski definition) is 0. The Hall–Kier alpha value is -5.86. The molecule has 0 amide bonds. The minimum Gasteiger partial charge on any atom is -0.309 e. The predicted octanol–water partition coefficient (Wildman–Crippen LogP) is 11.1. The molecule has 2 heterocycles. The standard InChI is InChI=1S/C43H28N2/c1-2-12-31(13-3-1)44-39-18-8-6-15-34(39)36-23-21-28(26-42(36)44)29-22-24-37-35-16-7-9-19-40(35)45(43(37)27-29)41-20-10-17-33-32-14-5-4-11-30(32)25-38(33)41/h1-24,26-27H,25H2. The van der Waals surface area contributed by atoms with Crippen molar-refractivity contribution in [2.45, 2.75) is 6.42 Å². The molecule has 1 aliphatic carbocycles. The van der Waals surface area contributed by atoms with E-state index in [0.717, 1.165) is 6.42 Å². The first-order valence-electron chi connectivity index (χ1n) is 15.7. The van der Waals surface area contributed by atoms with E-state index in [4.69, 9.17) is 0 Å². The second-order valence-corrected chi connectivity index (χ2v) is 12.1. The molecule has 1 aliphatic rings. The summed E-state index contributed by atoms with van der Waals surface area (Å²) in [6, 6.07) is 57.9. The maximum atomic E-state index is 2.50. The smallest absolute Gasteiger partial charge is 0.0547 e. The summed E-state index contributed by atoms with van der Waals surface area (Å²) in [7, 11) is 0. The molecule has 0 saturated heterocycles. The van der Waals surface area contributed by atoms with Crippen molar-refractivity contribution in [3.63, 3.8) is 0 Å². The first kappa shape index (κ1) is 24.6. The molecule has 0 unspecified atom stereocenters. The summed E-state index contributed by atoms with van der Waals surface area (Å²) >= 11 is 0. The number of aromatic nitrogens is 2.